The van der Waals surface area contributed by atoms with Gasteiger partial charge >= 0.3 is 0 Å². The Morgan fingerprint density at radius 2 is 1.69 bits per heavy atom. The van der Waals surface area contributed by atoms with Gasteiger partial charge in [0, 0.05) is 11.6 Å². The van der Waals surface area contributed by atoms with Crippen LogP contribution in [0.15, 0.2) is 53.4 Å². The number of rotatable bonds is 2. The third kappa shape index (κ3) is 5.16. The van der Waals surface area contributed by atoms with Crippen LogP contribution in [0.25, 0.3) is 11.3 Å². The molecule has 2 aliphatic heterocycles. The van der Waals surface area contributed by atoms with E-state index in [-0.39, 0.29) is 22.9 Å². The number of ether oxygens (including phenoxy) is 1. The highest BCUT2D eigenvalue weighted by molar-refractivity contribution is 7.92. The fraction of sp³-hybridized carbons (Fsp3) is 0.484. The van der Waals surface area contributed by atoms with Crippen molar-refractivity contribution in [3.05, 3.63) is 65.2 Å². The minimum Gasteiger partial charge on any atom is -0.474 e. The summed E-state index contributed by atoms with van der Waals surface area (Å²) >= 11 is 0. The number of aromatic nitrogens is 2. The first-order valence-electron chi connectivity index (χ1n) is 14.0. The highest BCUT2D eigenvalue weighted by Gasteiger charge is 2.48. The summed E-state index contributed by atoms with van der Waals surface area (Å²) in [6.07, 6.45) is 5.60. The van der Waals surface area contributed by atoms with Crippen molar-refractivity contribution in [2.75, 3.05) is 24.9 Å². The minimum atomic E-state index is -3.89. The van der Waals surface area contributed by atoms with E-state index in [0.29, 0.717) is 22.9 Å². The van der Waals surface area contributed by atoms with Gasteiger partial charge in [-0.2, -0.15) is 4.98 Å². The number of hydrogen-bond acceptors (Lipinski definition) is 6. The summed E-state index contributed by atoms with van der Waals surface area (Å²) in [5.74, 6) is 1.14. The SMILES string of the molecule is Cc1cccc(C)c1-c1cc2nc(n1)NS(=O)(=O)c1cccc(c1)C(C1CC3(CCN(C)CC3)C1)C[C@@H](C)O2. The summed E-state index contributed by atoms with van der Waals surface area (Å²) < 4.78 is 36.1. The van der Waals surface area contributed by atoms with E-state index in [1.54, 1.807) is 6.07 Å². The molecule has 1 unspecified atom stereocenters. The zero-order valence-corrected chi connectivity index (χ0v) is 24.1. The first kappa shape index (κ1) is 26.3. The molecular weight excluding hydrogens is 508 g/mol. The number of fused-ring (bicyclic) bond motifs is 4. The summed E-state index contributed by atoms with van der Waals surface area (Å²) in [6.45, 7) is 8.48. The first-order valence-corrected chi connectivity index (χ1v) is 15.5. The van der Waals surface area contributed by atoms with Gasteiger partial charge in [0.1, 0.15) is 0 Å². The summed E-state index contributed by atoms with van der Waals surface area (Å²) in [4.78, 5) is 11.8. The second kappa shape index (κ2) is 9.89. The van der Waals surface area contributed by atoms with E-state index in [2.05, 4.69) is 39.6 Å². The molecule has 1 saturated carbocycles. The predicted octanol–water partition coefficient (Wildman–Crippen LogP) is 5.94. The maximum Gasteiger partial charge on any atom is 0.264 e. The number of hydrogen-bond donors (Lipinski definition) is 1. The molecule has 4 bridgehead atoms. The van der Waals surface area contributed by atoms with Crippen LogP contribution < -0.4 is 9.46 Å². The molecule has 6 rings (SSSR count). The molecular formula is C31H38N4O3S. The Bertz CT molecular complexity index is 1470. The van der Waals surface area contributed by atoms with Gasteiger partial charge in [0.15, 0.2) is 0 Å². The van der Waals surface area contributed by atoms with Gasteiger partial charge in [-0.25, -0.2) is 18.1 Å². The standard InChI is InChI=1S/C31H38N4O3S/c1-20-7-5-8-21(2)29(20)27-17-28-33-30(32-27)34-39(36,37)25-10-6-9-23(16-25)26(15-22(3)38-28)24-18-31(19-24)11-13-35(4)14-12-31/h5-10,16-17,22,24,26H,11-15,18-19H2,1-4H3,(H,32,33,34)/t22-,26?/m1/s1. The van der Waals surface area contributed by atoms with E-state index < -0.39 is 10.0 Å². The molecule has 0 radical (unpaired) electrons. The fourth-order valence-corrected chi connectivity index (χ4v) is 8.02. The van der Waals surface area contributed by atoms with Gasteiger partial charge in [-0.15, -0.1) is 0 Å². The van der Waals surface area contributed by atoms with Gasteiger partial charge < -0.3 is 9.64 Å². The molecule has 1 N–H and O–H groups in total. The molecule has 3 heterocycles. The minimum absolute atomic E-state index is 0.0167. The van der Waals surface area contributed by atoms with Crippen LogP contribution in [0.4, 0.5) is 5.95 Å². The van der Waals surface area contributed by atoms with Crippen molar-refractivity contribution >= 4 is 16.0 Å². The normalized spacial score (nSPS) is 25.9. The Balaban J connectivity index is 1.37. The third-order valence-electron chi connectivity index (χ3n) is 9.18. The maximum absolute atomic E-state index is 13.5. The Morgan fingerprint density at radius 3 is 2.41 bits per heavy atom. The Hall–Kier alpha value is -2.97. The zero-order valence-electron chi connectivity index (χ0n) is 23.3. The van der Waals surface area contributed by atoms with E-state index in [0.717, 1.165) is 41.8 Å². The van der Waals surface area contributed by atoms with Gasteiger partial charge in [-0.05, 0) is 119 Å². The van der Waals surface area contributed by atoms with Crippen molar-refractivity contribution < 1.29 is 13.2 Å². The zero-order chi connectivity index (χ0) is 27.4. The lowest BCUT2D eigenvalue weighted by Gasteiger charge is -2.54. The molecule has 0 amide bonds. The number of aryl methyl sites for hydroxylation is 2. The van der Waals surface area contributed by atoms with Crippen LogP contribution in [0.5, 0.6) is 5.88 Å². The van der Waals surface area contributed by atoms with Crippen molar-refractivity contribution in [3.63, 3.8) is 0 Å². The van der Waals surface area contributed by atoms with E-state index in [4.69, 9.17) is 4.74 Å². The summed E-state index contributed by atoms with van der Waals surface area (Å²) in [7, 11) is -1.68. The Kier molecular flexibility index (Phi) is 6.66. The predicted molar refractivity (Wildman–Crippen MR) is 154 cm³/mol. The van der Waals surface area contributed by atoms with Gasteiger partial charge in [0.25, 0.3) is 10.0 Å². The van der Waals surface area contributed by atoms with E-state index in [9.17, 15) is 8.42 Å². The van der Waals surface area contributed by atoms with Crippen LogP contribution in [-0.4, -0.2) is 49.5 Å². The van der Waals surface area contributed by atoms with Crippen LogP contribution in [0.3, 0.4) is 0 Å². The van der Waals surface area contributed by atoms with E-state index in [1.807, 2.05) is 50.2 Å². The summed E-state index contributed by atoms with van der Waals surface area (Å²) in [5.41, 5.74) is 5.24. The molecule has 1 aliphatic carbocycles. The van der Waals surface area contributed by atoms with E-state index in [1.165, 1.54) is 25.7 Å². The van der Waals surface area contributed by atoms with Crippen LogP contribution >= 0.6 is 0 Å². The largest absolute Gasteiger partial charge is 0.474 e. The van der Waals surface area contributed by atoms with Gasteiger partial charge in [-0.3, -0.25) is 0 Å². The molecule has 8 heteroatoms. The smallest absolute Gasteiger partial charge is 0.264 e. The van der Waals surface area contributed by atoms with Gasteiger partial charge in [0.2, 0.25) is 11.8 Å². The van der Waals surface area contributed by atoms with Crippen molar-refractivity contribution in [1.82, 2.24) is 14.9 Å². The van der Waals surface area contributed by atoms with Crippen LogP contribution in [0, 0.1) is 25.2 Å². The van der Waals surface area contributed by atoms with Crippen molar-refractivity contribution in [2.45, 2.75) is 69.8 Å². The molecule has 3 aromatic rings. The van der Waals surface area contributed by atoms with Crippen LogP contribution in [0.1, 0.15) is 61.6 Å². The molecule has 3 aliphatic rings. The monoisotopic (exact) mass is 546 g/mol. The number of likely N-dealkylation sites (tertiary alicyclic amines) is 1. The van der Waals surface area contributed by atoms with Crippen molar-refractivity contribution in [1.29, 1.82) is 0 Å². The molecule has 7 nitrogen and oxygen atoms in total. The second-order valence-corrected chi connectivity index (χ2v) is 13.8. The summed E-state index contributed by atoms with van der Waals surface area (Å²) in [5, 5.41) is 0. The second-order valence-electron chi connectivity index (χ2n) is 12.1. The number of nitrogens with one attached hydrogen (secondary N) is 1. The van der Waals surface area contributed by atoms with Crippen LogP contribution in [0.2, 0.25) is 0 Å². The Morgan fingerprint density at radius 1 is 1.00 bits per heavy atom. The molecule has 1 spiro atoms. The number of sulfonamides is 1. The summed E-state index contributed by atoms with van der Waals surface area (Å²) in [6, 6.07) is 15.3. The van der Waals surface area contributed by atoms with E-state index >= 15 is 0 Å². The highest BCUT2D eigenvalue weighted by Crippen LogP contribution is 2.57. The third-order valence-corrected chi connectivity index (χ3v) is 10.5. The fourth-order valence-electron chi connectivity index (χ4n) is 7.02. The topological polar surface area (TPSA) is 84.4 Å². The molecule has 2 aromatic carbocycles. The lowest BCUT2D eigenvalue weighted by Crippen LogP contribution is -2.47. The quantitative estimate of drug-likeness (QED) is 0.428. The molecule has 1 aromatic heterocycles. The van der Waals surface area contributed by atoms with Gasteiger partial charge in [0.05, 0.1) is 16.7 Å². The first-order chi connectivity index (χ1) is 18.6. The molecule has 206 valence electrons. The van der Waals surface area contributed by atoms with Crippen molar-refractivity contribution in [3.8, 4) is 17.1 Å². The molecule has 2 fully saturated rings. The molecule has 1 saturated heterocycles. The maximum atomic E-state index is 13.5. The van der Waals surface area contributed by atoms with Crippen molar-refractivity contribution in [2.24, 2.45) is 11.3 Å². The number of piperidine rings is 1. The Labute approximate surface area is 232 Å². The molecule has 39 heavy (non-hydrogen) atoms. The average molecular weight is 547 g/mol. The number of nitrogens with zero attached hydrogens (tertiary/aromatic N) is 3. The van der Waals surface area contributed by atoms with Crippen LogP contribution in [-0.2, 0) is 10.0 Å². The number of benzene rings is 2. The highest BCUT2D eigenvalue weighted by atomic mass is 32.2. The number of anilines is 1. The van der Waals surface area contributed by atoms with Gasteiger partial charge in [-0.1, -0.05) is 30.3 Å². The average Bonchev–Trinajstić information content (AvgIpc) is 2.86. The lowest BCUT2D eigenvalue weighted by atomic mass is 9.53. The lowest BCUT2D eigenvalue weighted by molar-refractivity contribution is -0.0236. The molecule has 2 atom stereocenters.